The van der Waals surface area contributed by atoms with Gasteiger partial charge in [-0.15, -0.1) is 0 Å². The van der Waals surface area contributed by atoms with E-state index in [0.29, 0.717) is 0 Å². The Morgan fingerprint density at radius 3 is 3.08 bits per heavy atom. The summed E-state index contributed by atoms with van der Waals surface area (Å²) in [4.78, 5) is 9.91. The summed E-state index contributed by atoms with van der Waals surface area (Å²) in [6.45, 7) is 0.202. The Labute approximate surface area is 71.4 Å². The molecule has 1 aromatic rings. The predicted octanol–water partition coefficient (Wildman–Crippen LogP) is 1.22. The average Bonchev–Trinajstić information content (AvgIpc) is 2.15. The average molecular weight is 164 g/mol. The molecule has 3 nitrogen and oxygen atoms in total. The topological polar surface area (TPSA) is 38.3 Å². The maximum absolute atomic E-state index is 9.91. The van der Waals surface area contributed by atoms with Crippen LogP contribution in [0.5, 0.6) is 5.75 Å². The molecule has 0 amide bonds. The van der Waals surface area contributed by atoms with Crippen molar-refractivity contribution in [3.63, 3.8) is 0 Å². The van der Waals surface area contributed by atoms with E-state index in [-0.39, 0.29) is 6.54 Å². The first-order chi connectivity index (χ1) is 5.86. The van der Waals surface area contributed by atoms with E-state index in [4.69, 9.17) is 4.74 Å². The summed E-state index contributed by atoms with van der Waals surface area (Å²) in [5.74, 6) is 0.769. The Balaban J connectivity index is 2.65. The van der Waals surface area contributed by atoms with Gasteiger partial charge < -0.3 is 10.1 Å². The van der Waals surface area contributed by atoms with Crippen LogP contribution in [0.25, 0.3) is 0 Å². The molecule has 0 fully saturated rings. The summed E-state index contributed by atoms with van der Waals surface area (Å²) in [6.07, 6.45) is 1.75. The van der Waals surface area contributed by atoms with Crippen molar-refractivity contribution in [1.82, 2.24) is 0 Å². The molecule has 0 saturated carbocycles. The molecule has 0 aliphatic rings. The van der Waals surface area contributed by atoms with Gasteiger partial charge in [-0.25, -0.2) is 0 Å². The van der Waals surface area contributed by atoms with E-state index in [2.05, 4.69) is 5.32 Å². The van der Waals surface area contributed by atoms with Crippen LogP contribution in [0.15, 0.2) is 24.3 Å². The third kappa shape index (κ3) is 2.27. The minimum atomic E-state index is 0.202. The Kier molecular flexibility index (Phi) is 3.14. The number of nitrogens with one attached hydrogen (secondary N) is 1. The lowest BCUT2D eigenvalue weighted by Gasteiger charge is -2.03. The lowest BCUT2D eigenvalue weighted by molar-refractivity contribution is 0.415. The zero-order valence-electron chi connectivity index (χ0n) is 6.83. The van der Waals surface area contributed by atoms with Gasteiger partial charge in [0.1, 0.15) is 5.75 Å². The van der Waals surface area contributed by atoms with Crippen LogP contribution in [0.2, 0.25) is 0 Å². The molecule has 12 heavy (non-hydrogen) atoms. The molecule has 0 atom stereocenters. The fourth-order valence-electron chi connectivity index (χ4n) is 0.871. The highest BCUT2D eigenvalue weighted by Crippen LogP contribution is 2.15. The third-order valence-corrected chi connectivity index (χ3v) is 1.43. The van der Waals surface area contributed by atoms with Gasteiger partial charge in [-0.1, -0.05) is 6.07 Å². The molecular weight excluding hydrogens is 154 g/mol. The number of methoxy groups -OCH3 is 1. The molecule has 1 aromatic carbocycles. The highest BCUT2D eigenvalue weighted by atomic mass is 16.5. The van der Waals surface area contributed by atoms with Crippen molar-refractivity contribution in [3.8, 4) is 5.75 Å². The van der Waals surface area contributed by atoms with Crippen molar-refractivity contribution in [2.24, 2.45) is 0 Å². The molecule has 3 heteroatoms. The van der Waals surface area contributed by atoms with Crippen molar-refractivity contribution < 1.29 is 9.53 Å². The number of hydrogen-bond acceptors (Lipinski definition) is 3. The van der Waals surface area contributed by atoms with Crippen LogP contribution < -0.4 is 10.1 Å². The van der Waals surface area contributed by atoms with E-state index >= 15 is 0 Å². The monoisotopic (exact) mass is 164 g/mol. The largest absolute Gasteiger partial charge is 0.497 e. The van der Waals surface area contributed by atoms with E-state index in [1.165, 1.54) is 0 Å². The molecule has 0 saturated heterocycles. The van der Waals surface area contributed by atoms with E-state index in [9.17, 15) is 4.79 Å². The third-order valence-electron chi connectivity index (χ3n) is 1.43. The second kappa shape index (κ2) is 4.38. The van der Waals surface area contributed by atoms with Crippen LogP contribution in [-0.2, 0) is 4.79 Å². The molecule has 0 spiro atoms. The standard InChI is InChI=1S/C9H10NO2/c1-12-9-4-2-3-8(7-9)10-5-6-11/h2-4,7,10H,5H2,1H3. The van der Waals surface area contributed by atoms with Crippen molar-refractivity contribution >= 4 is 12.0 Å². The Morgan fingerprint density at radius 2 is 2.42 bits per heavy atom. The highest BCUT2D eigenvalue weighted by molar-refractivity contribution is 5.60. The van der Waals surface area contributed by atoms with Crippen LogP contribution in [0.3, 0.4) is 0 Å². The van der Waals surface area contributed by atoms with Crippen molar-refractivity contribution in [1.29, 1.82) is 0 Å². The summed E-state index contributed by atoms with van der Waals surface area (Å²) < 4.78 is 5.00. The van der Waals surface area contributed by atoms with Crippen LogP contribution in [0.1, 0.15) is 0 Å². The molecule has 0 aliphatic carbocycles. The number of anilines is 1. The van der Waals surface area contributed by atoms with Crippen molar-refractivity contribution in [2.45, 2.75) is 0 Å². The number of benzene rings is 1. The van der Waals surface area contributed by atoms with Gasteiger partial charge in [0.2, 0.25) is 6.29 Å². The molecular formula is C9H10NO2. The lowest BCUT2D eigenvalue weighted by Crippen LogP contribution is -2.01. The molecule has 63 valence electrons. The van der Waals surface area contributed by atoms with E-state index in [1.54, 1.807) is 13.4 Å². The van der Waals surface area contributed by atoms with Gasteiger partial charge in [0, 0.05) is 11.8 Å². The predicted molar refractivity (Wildman–Crippen MR) is 47.2 cm³/mol. The SMILES string of the molecule is COc1cccc(NC[C]=O)c1. The van der Waals surface area contributed by atoms with Gasteiger partial charge in [0.15, 0.2) is 0 Å². The molecule has 0 bridgehead atoms. The van der Waals surface area contributed by atoms with E-state index in [1.807, 2.05) is 24.3 Å². The minimum Gasteiger partial charge on any atom is -0.497 e. The molecule has 1 N–H and O–H groups in total. The van der Waals surface area contributed by atoms with E-state index in [0.717, 1.165) is 11.4 Å². The first kappa shape index (κ1) is 8.59. The molecule has 0 unspecified atom stereocenters. The van der Waals surface area contributed by atoms with Crippen LogP contribution >= 0.6 is 0 Å². The summed E-state index contributed by atoms with van der Waals surface area (Å²) in [5, 5.41) is 2.87. The second-order valence-corrected chi connectivity index (χ2v) is 2.23. The van der Waals surface area contributed by atoms with E-state index < -0.39 is 0 Å². The highest BCUT2D eigenvalue weighted by Gasteiger charge is 1.93. The molecule has 1 rings (SSSR count). The molecule has 0 heterocycles. The first-order valence-corrected chi connectivity index (χ1v) is 3.59. The molecule has 0 aromatic heterocycles. The van der Waals surface area contributed by atoms with Gasteiger partial charge >= 0.3 is 0 Å². The van der Waals surface area contributed by atoms with Crippen LogP contribution in [0, 0.1) is 0 Å². The first-order valence-electron chi connectivity index (χ1n) is 3.59. The second-order valence-electron chi connectivity index (χ2n) is 2.23. The van der Waals surface area contributed by atoms with Crippen molar-refractivity contribution in [3.05, 3.63) is 24.3 Å². The number of rotatable bonds is 4. The minimum absolute atomic E-state index is 0.202. The van der Waals surface area contributed by atoms with Gasteiger partial charge in [0.05, 0.1) is 13.7 Å². The number of carbonyl (C=O) groups excluding carboxylic acids is 1. The van der Waals surface area contributed by atoms with Crippen molar-refractivity contribution in [2.75, 3.05) is 19.0 Å². The fraction of sp³-hybridized carbons (Fsp3) is 0.222. The fourth-order valence-corrected chi connectivity index (χ4v) is 0.871. The zero-order chi connectivity index (χ0) is 8.81. The van der Waals surface area contributed by atoms with Crippen LogP contribution in [-0.4, -0.2) is 19.9 Å². The van der Waals surface area contributed by atoms with Gasteiger partial charge in [-0.3, -0.25) is 4.79 Å². The van der Waals surface area contributed by atoms with Gasteiger partial charge in [-0.2, -0.15) is 0 Å². The maximum Gasteiger partial charge on any atom is 0.219 e. The normalized spacial score (nSPS) is 9.08. The molecule has 0 aliphatic heterocycles. The Bertz CT molecular complexity index is 260. The van der Waals surface area contributed by atoms with Crippen LogP contribution in [0.4, 0.5) is 5.69 Å². The summed E-state index contributed by atoms with van der Waals surface area (Å²) in [6, 6.07) is 7.37. The summed E-state index contributed by atoms with van der Waals surface area (Å²) >= 11 is 0. The number of hydrogen-bond donors (Lipinski definition) is 1. The Morgan fingerprint density at radius 1 is 1.58 bits per heavy atom. The number of ether oxygens (including phenoxy) is 1. The zero-order valence-corrected chi connectivity index (χ0v) is 6.83. The lowest BCUT2D eigenvalue weighted by atomic mass is 10.3. The summed E-state index contributed by atoms with van der Waals surface area (Å²) in [5.41, 5.74) is 0.859. The van der Waals surface area contributed by atoms with Gasteiger partial charge in [0.25, 0.3) is 0 Å². The maximum atomic E-state index is 9.91. The summed E-state index contributed by atoms with van der Waals surface area (Å²) in [7, 11) is 1.60. The molecule has 1 radical (unpaired) electrons. The van der Waals surface area contributed by atoms with Gasteiger partial charge in [-0.05, 0) is 12.1 Å². The smallest absolute Gasteiger partial charge is 0.219 e. The quantitative estimate of drug-likeness (QED) is 0.727. The Hall–Kier alpha value is -1.51.